The highest BCUT2D eigenvalue weighted by molar-refractivity contribution is 7.89. The monoisotopic (exact) mass is 398 g/mol. The third-order valence-electron chi connectivity index (χ3n) is 4.09. The molecule has 0 atom stereocenters. The third kappa shape index (κ3) is 4.73. The van der Waals surface area contributed by atoms with Gasteiger partial charge in [0.25, 0.3) is 0 Å². The minimum atomic E-state index is -3.72. The topological polar surface area (TPSA) is 119 Å². The van der Waals surface area contributed by atoms with Gasteiger partial charge in [-0.15, -0.1) is 0 Å². The van der Waals surface area contributed by atoms with E-state index in [0.29, 0.717) is 23.9 Å². The number of carbonyl (C=O) groups is 1. The maximum Gasteiger partial charge on any atom is 0.244 e. The second-order valence-electron chi connectivity index (χ2n) is 6.08. The van der Waals surface area contributed by atoms with Crippen LogP contribution in [0.4, 0.5) is 0 Å². The number of para-hydroxylation sites is 1. The highest BCUT2D eigenvalue weighted by Crippen LogP contribution is 2.11. The minimum absolute atomic E-state index is 0.0393. The molecule has 0 bridgehead atoms. The van der Waals surface area contributed by atoms with Gasteiger partial charge in [0, 0.05) is 12.6 Å². The Balaban J connectivity index is 1.57. The van der Waals surface area contributed by atoms with Crippen molar-refractivity contribution in [3.8, 4) is 0 Å². The molecule has 0 radical (unpaired) electrons. The Morgan fingerprint density at radius 2 is 1.82 bits per heavy atom. The second-order valence-corrected chi connectivity index (χ2v) is 7.64. The Morgan fingerprint density at radius 1 is 1.11 bits per heavy atom. The van der Waals surface area contributed by atoms with E-state index >= 15 is 0 Å². The molecule has 0 saturated heterocycles. The number of hydrogen-bond acceptors (Lipinski definition) is 5. The smallest absolute Gasteiger partial charge is 0.244 e. The number of hydrogen-bond donors (Lipinski definition) is 2. The van der Waals surface area contributed by atoms with Crippen LogP contribution in [0.25, 0.3) is 17.0 Å². The van der Waals surface area contributed by atoms with Gasteiger partial charge in [-0.25, -0.2) is 13.6 Å². The summed E-state index contributed by atoms with van der Waals surface area (Å²) in [6.07, 6.45) is 4.52. The summed E-state index contributed by atoms with van der Waals surface area (Å²) < 4.78 is 27.8. The quantitative estimate of drug-likeness (QED) is 0.614. The first kappa shape index (κ1) is 19.5. The standard InChI is InChI=1S/C20H18N2O5S/c21-28(25,26)16-8-5-14(6-9-16)11-12-22-19(23)10-7-15-13-27-18-4-2-1-3-17(18)20(15)24/h1-10,13H,11-12H2,(H,22,23)(H2,21,25,26)/b10-7+. The average molecular weight is 398 g/mol. The van der Waals surface area contributed by atoms with Gasteiger partial charge in [0.15, 0.2) is 5.43 Å². The number of primary sulfonamides is 1. The van der Waals surface area contributed by atoms with Crippen LogP contribution < -0.4 is 15.9 Å². The Labute approximate surface area is 161 Å². The number of fused-ring (bicyclic) bond motifs is 1. The molecular weight excluding hydrogens is 380 g/mol. The van der Waals surface area contributed by atoms with Gasteiger partial charge in [-0.1, -0.05) is 24.3 Å². The molecule has 1 amide bonds. The van der Waals surface area contributed by atoms with Crippen LogP contribution in [0.2, 0.25) is 0 Å². The van der Waals surface area contributed by atoms with Crippen molar-refractivity contribution < 1.29 is 17.6 Å². The van der Waals surface area contributed by atoms with Crippen LogP contribution in [0.5, 0.6) is 0 Å². The maximum atomic E-state index is 12.3. The van der Waals surface area contributed by atoms with E-state index in [9.17, 15) is 18.0 Å². The fraction of sp³-hybridized carbons (Fsp3) is 0.100. The summed E-state index contributed by atoms with van der Waals surface area (Å²) >= 11 is 0. The lowest BCUT2D eigenvalue weighted by atomic mass is 10.1. The zero-order valence-electron chi connectivity index (χ0n) is 14.8. The molecule has 0 fully saturated rings. The summed E-state index contributed by atoms with van der Waals surface area (Å²) in [4.78, 5) is 24.3. The maximum absolute atomic E-state index is 12.3. The van der Waals surface area contributed by atoms with Crippen LogP contribution in [0.15, 0.2) is 75.0 Å². The van der Waals surface area contributed by atoms with Crippen LogP contribution in [0, 0.1) is 0 Å². The second kappa shape index (κ2) is 8.20. The molecule has 2 aromatic carbocycles. The Bertz CT molecular complexity index is 1200. The van der Waals surface area contributed by atoms with Gasteiger partial charge in [-0.3, -0.25) is 9.59 Å². The summed E-state index contributed by atoms with van der Waals surface area (Å²) in [6, 6.07) is 13.0. The largest absolute Gasteiger partial charge is 0.463 e. The molecule has 28 heavy (non-hydrogen) atoms. The first-order chi connectivity index (χ1) is 13.3. The third-order valence-corrected chi connectivity index (χ3v) is 5.02. The Hall–Kier alpha value is -3.23. The number of benzene rings is 2. The molecule has 8 heteroatoms. The van der Waals surface area contributed by atoms with E-state index < -0.39 is 10.0 Å². The van der Waals surface area contributed by atoms with Gasteiger partial charge in [0.05, 0.1) is 15.8 Å². The number of nitrogens with two attached hydrogens (primary N) is 1. The average Bonchev–Trinajstić information content (AvgIpc) is 2.67. The summed E-state index contributed by atoms with van der Waals surface area (Å²) in [7, 11) is -3.72. The first-order valence-corrected chi connectivity index (χ1v) is 9.97. The normalized spacial score (nSPS) is 11.8. The van der Waals surface area contributed by atoms with E-state index in [1.807, 2.05) is 0 Å². The zero-order valence-corrected chi connectivity index (χ0v) is 15.6. The first-order valence-electron chi connectivity index (χ1n) is 8.43. The number of rotatable bonds is 6. The van der Waals surface area contributed by atoms with E-state index in [4.69, 9.17) is 9.56 Å². The molecular formula is C20H18N2O5S. The van der Waals surface area contributed by atoms with Crippen molar-refractivity contribution >= 4 is 33.0 Å². The highest BCUT2D eigenvalue weighted by atomic mass is 32.2. The number of carbonyl (C=O) groups excluding carboxylic acids is 1. The Morgan fingerprint density at radius 3 is 2.54 bits per heavy atom. The molecule has 7 nitrogen and oxygen atoms in total. The fourth-order valence-electron chi connectivity index (χ4n) is 2.61. The highest BCUT2D eigenvalue weighted by Gasteiger charge is 2.07. The molecule has 0 aliphatic carbocycles. The van der Waals surface area contributed by atoms with Crippen molar-refractivity contribution in [2.45, 2.75) is 11.3 Å². The number of sulfonamides is 1. The SMILES string of the molecule is NS(=O)(=O)c1ccc(CCNC(=O)/C=C/c2coc3ccccc3c2=O)cc1. The van der Waals surface area contributed by atoms with E-state index in [1.54, 1.807) is 36.4 Å². The van der Waals surface area contributed by atoms with Gasteiger partial charge < -0.3 is 9.73 Å². The number of amides is 1. The summed E-state index contributed by atoms with van der Waals surface area (Å²) in [5.41, 5.74) is 1.42. The van der Waals surface area contributed by atoms with Gasteiger partial charge in [-0.2, -0.15) is 0 Å². The van der Waals surface area contributed by atoms with E-state index in [2.05, 4.69) is 5.32 Å². The van der Waals surface area contributed by atoms with Gasteiger partial charge in [0.1, 0.15) is 11.8 Å². The van der Waals surface area contributed by atoms with Gasteiger partial charge >= 0.3 is 0 Å². The molecule has 0 unspecified atom stereocenters. The van der Waals surface area contributed by atoms with Crippen LogP contribution in [0.1, 0.15) is 11.1 Å². The predicted molar refractivity (Wildman–Crippen MR) is 106 cm³/mol. The molecule has 1 aromatic heterocycles. The van der Waals surface area contributed by atoms with Crippen molar-refractivity contribution in [2.24, 2.45) is 5.14 Å². The predicted octanol–water partition coefficient (Wildman–Crippen LogP) is 1.81. The van der Waals surface area contributed by atoms with Crippen molar-refractivity contribution in [3.05, 3.63) is 82.2 Å². The minimum Gasteiger partial charge on any atom is -0.463 e. The Kier molecular flexibility index (Phi) is 5.72. The van der Waals surface area contributed by atoms with E-state index in [-0.39, 0.29) is 21.8 Å². The van der Waals surface area contributed by atoms with Crippen molar-refractivity contribution in [2.75, 3.05) is 6.54 Å². The van der Waals surface area contributed by atoms with Crippen molar-refractivity contribution in [1.82, 2.24) is 5.32 Å². The summed E-state index contributed by atoms with van der Waals surface area (Å²) in [5, 5.41) is 8.20. The van der Waals surface area contributed by atoms with Gasteiger partial charge in [-0.05, 0) is 42.3 Å². The van der Waals surface area contributed by atoms with Crippen LogP contribution in [0.3, 0.4) is 0 Å². The lowest BCUT2D eigenvalue weighted by Crippen LogP contribution is -2.23. The van der Waals surface area contributed by atoms with E-state index in [0.717, 1.165) is 5.56 Å². The lowest BCUT2D eigenvalue weighted by molar-refractivity contribution is -0.116. The number of nitrogens with one attached hydrogen (secondary N) is 1. The molecule has 144 valence electrons. The molecule has 0 aliphatic heterocycles. The molecule has 0 spiro atoms. The molecule has 1 heterocycles. The molecule has 3 N–H and O–H groups in total. The molecule has 3 aromatic rings. The van der Waals surface area contributed by atoms with Crippen LogP contribution in [-0.2, 0) is 21.2 Å². The van der Waals surface area contributed by atoms with Crippen LogP contribution in [-0.4, -0.2) is 20.9 Å². The van der Waals surface area contributed by atoms with Crippen molar-refractivity contribution in [3.63, 3.8) is 0 Å². The lowest BCUT2D eigenvalue weighted by Gasteiger charge is -2.04. The molecule has 0 saturated carbocycles. The summed E-state index contributed by atoms with van der Waals surface area (Å²) in [6.45, 7) is 0.351. The van der Waals surface area contributed by atoms with Gasteiger partial charge in [0.2, 0.25) is 15.9 Å². The molecule has 3 rings (SSSR count). The van der Waals surface area contributed by atoms with Crippen molar-refractivity contribution in [1.29, 1.82) is 0 Å². The fourth-order valence-corrected chi connectivity index (χ4v) is 3.12. The molecule has 0 aliphatic rings. The van der Waals surface area contributed by atoms with Crippen LogP contribution >= 0.6 is 0 Å². The summed E-state index contributed by atoms with van der Waals surface area (Å²) in [5.74, 6) is -0.353. The zero-order chi connectivity index (χ0) is 20.1. The van der Waals surface area contributed by atoms with E-state index in [1.165, 1.54) is 30.5 Å².